The molecule has 3 rings (SSSR count). The van der Waals surface area contributed by atoms with Crippen molar-refractivity contribution in [3.8, 4) is 5.75 Å². The van der Waals surface area contributed by atoms with E-state index in [1.54, 1.807) is 17.8 Å². The van der Waals surface area contributed by atoms with Gasteiger partial charge in [-0.3, -0.25) is 4.79 Å². The number of methoxy groups -OCH3 is 1. The number of carbonyl (C=O) groups is 1. The summed E-state index contributed by atoms with van der Waals surface area (Å²) in [4.78, 5) is 15.0. The molecule has 0 aliphatic heterocycles. The second-order valence-electron chi connectivity index (χ2n) is 11.7. The van der Waals surface area contributed by atoms with Crippen LogP contribution in [0.15, 0.2) is 52.3 Å². The van der Waals surface area contributed by atoms with Crippen LogP contribution in [0.25, 0.3) is 10.9 Å². The third-order valence-corrected chi connectivity index (χ3v) is 7.94. The van der Waals surface area contributed by atoms with Crippen LogP contribution < -0.4 is 0 Å². The van der Waals surface area contributed by atoms with Crippen LogP contribution in [-0.2, 0) is 22.5 Å². The Bertz CT molecular complexity index is 1200. The van der Waals surface area contributed by atoms with Gasteiger partial charge in [-0.05, 0) is 49.7 Å². The number of hydrogen-bond acceptors (Lipinski definition) is 5. The summed E-state index contributed by atoms with van der Waals surface area (Å²) in [5, 5.41) is 11.3. The first kappa shape index (κ1) is 27.5. The first-order chi connectivity index (χ1) is 16.1. The van der Waals surface area contributed by atoms with Gasteiger partial charge in [0.2, 0.25) is 0 Å². The number of phenols is 1. The lowest BCUT2D eigenvalue weighted by atomic mass is 9.87. The van der Waals surface area contributed by atoms with Gasteiger partial charge >= 0.3 is 5.97 Å². The van der Waals surface area contributed by atoms with Gasteiger partial charge in [0, 0.05) is 48.8 Å². The van der Waals surface area contributed by atoms with Crippen LogP contribution in [0.1, 0.15) is 66.6 Å². The van der Waals surface area contributed by atoms with Crippen molar-refractivity contribution in [2.75, 3.05) is 7.11 Å². The summed E-state index contributed by atoms with van der Waals surface area (Å²) in [6.07, 6.45) is 0.533. The fourth-order valence-corrected chi connectivity index (χ4v) is 6.27. The van der Waals surface area contributed by atoms with Gasteiger partial charge in [0.1, 0.15) is 5.75 Å². The summed E-state index contributed by atoms with van der Waals surface area (Å²) in [6.45, 7) is 17.8. The number of carbonyl (C=O) groups excluding carboxylic acids is 1. The predicted molar refractivity (Wildman–Crippen MR) is 150 cm³/mol. The highest BCUT2D eigenvalue weighted by molar-refractivity contribution is 8.01. The number of nitrogens with zero attached hydrogens (tertiary/aromatic N) is 1. The number of esters is 1. The fraction of sp³-hybridized carbons (Fsp3) is 0.483. The van der Waals surface area contributed by atoms with E-state index in [0.717, 1.165) is 21.5 Å². The quantitative estimate of drug-likeness (QED) is 0.257. The molecule has 1 heterocycles. The molecule has 6 heteroatoms. The Morgan fingerprint density at radius 3 is 2.06 bits per heavy atom. The first-order valence-corrected chi connectivity index (χ1v) is 13.6. The summed E-state index contributed by atoms with van der Waals surface area (Å²) in [7, 11) is 1.44. The number of phenolic OH excluding ortho intramolecular Hbond substituents is 1. The average molecular weight is 514 g/mol. The lowest BCUT2D eigenvalue weighted by molar-refractivity contribution is -0.150. The summed E-state index contributed by atoms with van der Waals surface area (Å²) >= 11 is 3.64. The maximum absolute atomic E-state index is 12.6. The number of hydrogen-bond donors (Lipinski definition) is 1. The molecule has 0 aliphatic rings. The number of thioether (sulfide) groups is 2. The number of rotatable bonds is 7. The number of aromatic hydroxyl groups is 1. The summed E-state index contributed by atoms with van der Waals surface area (Å²) in [5.74, 6) is 0.0140. The zero-order valence-corrected chi connectivity index (χ0v) is 24.1. The molecule has 0 saturated carbocycles. The molecule has 0 atom stereocenters. The minimum Gasteiger partial charge on any atom is -0.508 e. The normalized spacial score (nSPS) is 12.8. The van der Waals surface area contributed by atoms with E-state index in [4.69, 9.17) is 4.74 Å². The third kappa shape index (κ3) is 7.01. The van der Waals surface area contributed by atoms with Gasteiger partial charge in [0.05, 0.1) is 12.5 Å². The highest BCUT2D eigenvalue weighted by Crippen LogP contribution is 2.44. The van der Waals surface area contributed by atoms with E-state index in [1.807, 2.05) is 37.7 Å². The molecule has 0 unspecified atom stereocenters. The van der Waals surface area contributed by atoms with Gasteiger partial charge in [-0.15, -0.1) is 23.5 Å². The van der Waals surface area contributed by atoms with Crippen LogP contribution in [0, 0.1) is 5.41 Å². The zero-order chi connectivity index (χ0) is 26.2. The lowest BCUT2D eigenvalue weighted by Gasteiger charge is -2.25. The monoisotopic (exact) mass is 513 g/mol. The Balaban J connectivity index is 2.15. The molecule has 2 aromatic carbocycles. The van der Waals surface area contributed by atoms with Crippen LogP contribution in [0.5, 0.6) is 5.75 Å². The Hall–Kier alpha value is -2.05. The molecule has 0 aliphatic carbocycles. The molecule has 1 aromatic heterocycles. The molecular formula is C29H39NO3S2. The van der Waals surface area contributed by atoms with E-state index < -0.39 is 5.41 Å². The maximum atomic E-state index is 12.6. The van der Waals surface area contributed by atoms with E-state index >= 15 is 0 Å². The van der Waals surface area contributed by atoms with Crippen molar-refractivity contribution in [1.29, 1.82) is 0 Å². The Morgan fingerprint density at radius 2 is 1.51 bits per heavy atom. The van der Waals surface area contributed by atoms with Crippen LogP contribution in [0.2, 0.25) is 0 Å². The second kappa shape index (κ2) is 10.1. The third-order valence-electron chi connectivity index (χ3n) is 5.55. The maximum Gasteiger partial charge on any atom is 0.311 e. The van der Waals surface area contributed by atoms with E-state index in [0.29, 0.717) is 13.0 Å². The molecule has 35 heavy (non-hydrogen) atoms. The smallest absolute Gasteiger partial charge is 0.311 e. The molecular weight excluding hydrogens is 474 g/mol. The molecule has 0 amide bonds. The molecule has 190 valence electrons. The first-order valence-electron chi connectivity index (χ1n) is 12.0. The summed E-state index contributed by atoms with van der Waals surface area (Å²) < 4.78 is 7.56. The number of aromatic nitrogens is 1. The van der Waals surface area contributed by atoms with Gasteiger partial charge in [0.25, 0.3) is 0 Å². The van der Waals surface area contributed by atoms with Crippen LogP contribution in [-0.4, -0.2) is 32.2 Å². The fourth-order valence-electron chi connectivity index (χ4n) is 4.11. The Labute approximate surface area is 218 Å². The van der Waals surface area contributed by atoms with Gasteiger partial charge in [-0.2, -0.15) is 0 Å². The molecule has 0 saturated heterocycles. The SMILES string of the molecule is COC(=O)C(C)(C)Cc1c(SC(C)(C)C)c2cc(O)ccc2n1Cc1ccc(SC(C)(C)C)cc1. The summed E-state index contributed by atoms with van der Waals surface area (Å²) in [5.41, 5.74) is 2.65. The van der Waals surface area contributed by atoms with E-state index in [9.17, 15) is 9.90 Å². The van der Waals surface area contributed by atoms with Crippen LogP contribution >= 0.6 is 23.5 Å². The van der Waals surface area contributed by atoms with Crippen molar-refractivity contribution in [2.45, 2.75) is 87.6 Å². The number of fused-ring (bicyclic) bond motifs is 1. The molecule has 0 fully saturated rings. The minimum atomic E-state index is -0.691. The molecule has 1 N–H and O–H groups in total. The van der Waals surface area contributed by atoms with Gasteiger partial charge in [-0.25, -0.2) is 0 Å². The van der Waals surface area contributed by atoms with Gasteiger partial charge < -0.3 is 14.4 Å². The highest BCUT2D eigenvalue weighted by atomic mass is 32.2. The average Bonchev–Trinajstić information content (AvgIpc) is 2.98. The molecule has 4 nitrogen and oxygen atoms in total. The van der Waals surface area contributed by atoms with E-state index in [1.165, 1.54) is 17.6 Å². The highest BCUT2D eigenvalue weighted by Gasteiger charge is 2.33. The molecule has 0 radical (unpaired) electrons. The van der Waals surface area contributed by atoms with Gasteiger partial charge in [-0.1, -0.05) is 53.7 Å². The molecule has 0 bridgehead atoms. The van der Waals surface area contributed by atoms with Gasteiger partial charge in [0.15, 0.2) is 0 Å². The van der Waals surface area contributed by atoms with Crippen molar-refractivity contribution >= 4 is 40.4 Å². The van der Waals surface area contributed by atoms with E-state index in [2.05, 4.69) is 70.4 Å². The van der Waals surface area contributed by atoms with Crippen molar-refractivity contribution in [1.82, 2.24) is 4.57 Å². The topological polar surface area (TPSA) is 51.5 Å². The molecule has 3 aromatic rings. The van der Waals surface area contributed by atoms with Crippen molar-refractivity contribution < 1.29 is 14.6 Å². The van der Waals surface area contributed by atoms with Crippen molar-refractivity contribution in [3.05, 3.63) is 53.7 Å². The Kier molecular flexibility index (Phi) is 7.97. The van der Waals surface area contributed by atoms with Crippen molar-refractivity contribution in [2.24, 2.45) is 5.41 Å². The predicted octanol–water partition coefficient (Wildman–Crippen LogP) is 7.92. The van der Waals surface area contributed by atoms with Crippen molar-refractivity contribution in [3.63, 3.8) is 0 Å². The second-order valence-corrected chi connectivity index (χ2v) is 15.4. The van der Waals surface area contributed by atoms with E-state index in [-0.39, 0.29) is 21.2 Å². The number of ether oxygens (including phenoxy) is 1. The summed E-state index contributed by atoms with van der Waals surface area (Å²) in [6, 6.07) is 14.3. The standard InChI is InChI=1S/C29H39NO3S2/c1-27(2,3)34-21-13-10-19(11-14-21)18-30-23-15-12-20(31)16-22(23)25(35-28(4,5)6)24(30)17-29(7,8)26(32)33-9/h10-16,31H,17-18H2,1-9H3. The lowest BCUT2D eigenvalue weighted by Crippen LogP contribution is -2.29. The minimum absolute atomic E-state index is 0.0411. The number of benzene rings is 2. The van der Waals surface area contributed by atoms with Crippen LogP contribution in [0.3, 0.4) is 0 Å². The Morgan fingerprint density at radius 1 is 0.914 bits per heavy atom. The molecule has 0 spiro atoms. The van der Waals surface area contributed by atoms with Crippen LogP contribution in [0.4, 0.5) is 0 Å². The largest absolute Gasteiger partial charge is 0.508 e. The zero-order valence-electron chi connectivity index (χ0n) is 22.5.